The normalized spacial score (nSPS) is 35.1. The van der Waals surface area contributed by atoms with E-state index in [4.69, 9.17) is 4.74 Å². The van der Waals surface area contributed by atoms with Crippen LogP contribution in [0.5, 0.6) is 0 Å². The summed E-state index contributed by atoms with van der Waals surface area (Å²) in [7, 11) is 0. The van der Waals surface area contributed by atoms with E-state index in [2.05, 4.69) is 5.32 Å². The fourth-order valence-electron chi connectivity index (χ4n) is 2.33. The van der Waals surface area contributed by atoms with Crippen LogP contribution in [0.2, 0.25) is 0 Å². The molecule has 2 atom stereocenters. The summed E-state index contributed by atoms with van der Waals surface area (Å²) in [6.07, 6.45) is 7.23. The molecule has 0 spiro atoms. The maximum Gasteiger partial charge on any atom is 0.0615 e. The van der Waals surface area contributed by atoms with Crippen molar-refractivity contribution < 1.29 is 4.74 Å². The Morgan fingerprint density at radius 1 is 1.08 bits per heavy atom. The first-order chi connectivity index (χ1) is 5.97. The fraction of sp³-hybridized carbons (Fsp3) is 1.00. The van der Waals surface area contributed by atoms with Crippen molar-refractivity contribution in [3.63, 3.8) is 0 Å². The first-order valence-electron chi connectivity index (χ1n) is 5.29. The monoisotopic (exact) mass is 205 g/mol. The standard InChI is InChI=1S/C10H19NO.ClH/c1-2-7-12-10(5-1)9-4-3-6-11-8-9;/h9-11H,1-8H2;1H. The Labute approximate surface area is 86.8 Å². The molecule has 78 valence electrons. The summed E-state index contributed by atoms with van der Waals surface area (Å²) in [5.74, 6) is 0.805. The van der Waals surface area contributed by atoms with Gasteiger partial charge in [0.05, 0.1) is 6.10 Å². The molecule has 0 aromatic carbocycles. The summed E-state index contributed by atoms with van der Waals surface area (Å²) in [5.41, 5.74) is 0. The molecule has 3 heteroatoms. The van der Waals surface area contributed by atoms with Gasteiger partial charge in [0.1, 0.15) is 0 Å². The van der Waals surface area contributed by atoms with Gasteiger partial charge >= 0.3 is 0 Å². The summed E-state index contributed by atoms with van der Waals surface area (Å²) in [6.45, 7) is 3.40. The summed E-state index contributed by atoms with van der Waals surface area (Å²) >= 11 is 0. The summed E-state index contributed by atoms with van der Waals surface area (Å²) in [6, 6.07) is 0. The van der Waals surface area contributed by atoms with Gasteiger partial charge in [0.25, 0.3) is 0 Å². The van der Waals surface area contributed by atoms with Crippen LogP contribution in [0, 0.1) is 5.92 Å². The van der Waals surface area contributed by atoms with E-state index in [0.29, 0.717) is 6.10 Å². The van der Waals surface area contributed by atoms with Gasteiger partial charge in [-0.05, 0) is 44.6 Å². The topological polar surface area (TPSA) is 21.3 Å². The van der Waals surface area contributed by atoms with Gasteiger partial charge in [-0.2, -0.15) is 0 Å². The molecule has 0 aromatic heterocycles. The maximum atomic E-state index is 5.78. The molecule has 0 aromatic rings. The largest absolute Gasteiger partial charge is 0.378 e. The molecule has 2 nitrogen and oxygen atoms in total. The maximum absolute atomic E-state index is 5.78. The minimum absolute atomic E-state index is 0. The average Bonchev–Trinajstić information content (AvgIpc) is 2.21. The Morgan fingerprint density at radius 3 is 2.62 bits per heavy atom. The number of ether oxygens (including phenoxy) is 1. The molecule has 0 amide bonds. The van der Waals surface area contributed by atoms with E-state index >= 15 is 0 Å². The molecule has 2 heterocycles. The Kier molecular flexibility index (Phi) is 5.07. The molecule has 0 saturated carbocycles. The number of rotatable bonds is 1. The molecule has 2 saturated heterocycles. The molecular weight excluding hydrogens is 186 g/mol. The zero-order valence-corrected chi connectivity index (χ0v) is 8.94. The fourth-order valence-corrected chi connectivity index (χ4v) is 2.33. The molecule has 2 unspecified atom stereocenters. The van der Waals surface area contributed by atoms with Crippen LogP contribution in [0.15, 0.2) is 0 Å². The Morgan fingerprint density at radius 2 is 2.00 bits per heavy atom. The van der Waals surface area contributed by atoms with Crippen LogP contribution in [0.4, 0.5) is 0 Å². The number of hydrogen-bond donors (Lipinski definition) is 1. The summed E-state index contributed by atoms with van der Waals surface area (Å²) < 4.78 is 5.78. The van der Waals surface area contributed by atoms with Crippen molar-refractivity contribution in [2.75, 3.05) is 19.7 Å². The molecular formula is C10H20ClNO. The third-order valence-corrected chi connectivity index (χ3v) is 3.08. The van der Waals surface area contributed by atoms with E-state index in [1.165, 1.54) is 45.2 Å². The first kappa shape index (κ1) is 11.3. The lowest BCUT2D eigenvalue weighted by Gasteiger charge is -2.33. The Balaban J connectivity index is 0.000000845. The van der Waals surface area contributed by atoms with Crippen molar-refractivity contribution in [1.29, 1.82) is 0 Å². The summed E-state index contributed by atoms with van der Waals surface area (Å²) in [4.78, 5) is 0. The SMILES string of the molecule is C1CCC(C2CCCNC2)OC1.Cl. The van der Waals surface area contributed by atoms with Crippen molar-refractivity contribution in [3.8, 4) is 0 Å². The zero-order valence-electron chi connectivity index (χ0n) is 8.13. The number of nitrogens with one attached hydrogen (secondary N) is 1. The molecule has 2 aliphatic heterocycles. The minimum Gasteiger partial charge on any atom is -0.378 e. The van der Waals surface area contributed by atoms with Gasteiger partial charge in [-0.15, -0.1) is 12.4 Å². The lowest BCUT2D eigenvalue weighted by molar-refractivity contribution is -0.0265. The van der Waals surface area contributed by atoms with Crippen molar-refractivity contribution in [2.45, 2.75) is 38.2 Å². The molecule has 0 radical (unpaired) electrons. The van der Waals surface area contributed by atoms with Gasteiger partial charge in [-0.25, -0.2) is 0 Å². The van der Waals surface area contributed by atoms with Crippen LogP contribution in [0.1, 0.15) is 32.1 Å². The zero-order chi connectivity index (χ0) is 8.23. The number of hydrogen-bond acceptors (Lipinski definition) is 2. The predicted octanol–water partition coefficient (Wildman–Crippen LogP) is 1.98. The van der Waals surface area contributed by atoms with Crippen LogP contribution >= 0.6 is 12.4 Å². The van der Waals surface area contributed by atoms with E-state index in [1.807, 2.05) is 0 Å². The van der Waals surface area contributed by atoms with Crippen molar-refractivity contribution in [1.82, 2.24) is 5.32 Å². The van der Waals surface area contributed by atoms with Crippen LogP contribution in [0.3, 0.4) is 0 Å². The average molecular weight is 206 g/mol. The van der Waals surface area contributed by atoms with E-state index in [1.54, 1.807) is 0 Å². The van der Waals surface area contributed by atoms with Gasteiger partial charge in [0, 0.05) is 13.2 Å². The quantitative estimate of drug-likeness (QED) is 0.707. The molecule has 2 fully saturated rings. The van der Waals surface area contributed by atoms with Crippen molar-refractivity contribution >= 4 is 12.4 Å². The predicted molar refractivity (Wildman–Crippen MR) is 56.4 cm³/mol. The highest BCUT2D eigenvalue weighted by Gasteiger charge is 2.25. The Bertz CT molecular complexity index is 115. The number of halogens is 1. The smallest absolute Gasteiger partial charge is 0.0615 e. The van der Waals surface area contributed by atoms with Crippen LogP contribution in [0.25, 0.3) is 0 Å². The van der Waals surface area contributed by atoms with E-state index in [0.717, 1.165) is 12.5 Å². The highest BCUT2D eigenvalue weighted by Crippen LogP contribution is 2.24. The summed E-state index contributed by atoms with van der Waals surface area (Å²) in [5, 5.41) is 3.45. The lowest BCUT2D eigenvalue weighted by Crippen LogP contribution is -2.39. The molecule has 0 bridgehead atoms. The van der Waals surface area contributed by atoms with Crippen LogP contribution in [-0.4, -0.2) is 25.8 Å². The second kappa shape index (κ2) is 5.84. The second-order valence-corrected chi connectivity index (χ2v) is 4.01. The third kappa shape index (κ3) is 3.12. The van der Waals surface area contributed by atoms with Gasteiger partial charge in [-0.1, -0.05) is 0 Å². The Hall–Kier alpha value is 0.210. The first-order valence-corrected chi connectivity index (χ1v) is 5.29. The van der Waals surface area contributed by atoms with Crippen LogP contribution in [-0.2, 0) is 4.74 Å². The van der Waals surface area contributed by atoms with E-state index in [-0.39, 0.29) is 12.4 Å². The minimum atomic E-state index is 0. The van der Waals surface area contributed by atoms with Crippen molar-refractivity contribution in [2.24, 2.45) is 5.92 Å². The van der Waals surface area contributed by atoms with E-state index in [9.17, 15) is 0 Å². The third-order valence-electron chi connectivity index (χ3n) is 3.08. The molecule has 2 aliphatic rings. The van der Waals surface area contributed by atoms with E-state index < -0.39 is 0 Å². The number of piperidine rings is 1. The molecule has 1 N–H and O–H groups in total. The van der Waals surface area contributed by atoms with Gasteiger partial charge in [-0.3, -0.25) is 0 Å². The van der Waals surface area contributed by atoms with Crippen molar-refractivity contribution in [3.05, 3.63) is 0 Å². The highest BCUT2D eigenvalue weighted by atomic mass is 35.5. The highest BCUT2D eigenvalue weighted by molar-refractivity contribution is 5.85. The lowest BCUT2D eigenvalue weighted by atomic mass is 9.89. The van der Waals surface area contributed by atoms with Gasteiger partial charge in [0.2, 0.25) is 0 Å². The molecule has 13 heavy (non-hydrogen) atoms. The van der Waals surface area contributed by atoms with Crippen LogP contribution < -0.4 is 5.32 Å². The molecule has 2 rings (SSSR count). The second-order valence-electron chi connectivity index (χ2n) is 4.01. The van der Waals surface area contributed by atoms with Gasteiger partial charge in [0.15, 0.2) is 0 Å². The molecule has 0 aliphatic carbocycles. The van der Waals surface area contributed by atoms with Gasteiger partial charge < -0.3 is 10.1 Å².